The van der Waals surface area contributed by atoms with Gasteiger partial charge in [-0.05, 0) is 13.8 Å². The molecule has 0 N–H and O–H groups in total. The molecule has 0 radical (unpaired) electrons. The van der Waals surface area contributed by atoms with Crippen LogP contribution in [0.1, 0.15) is 13.8 Å². The minimum atomic E-state index is -3.50. The van der Waals surface area contributed by atoms with Gasteiger partial charge in [-0.3, -0.25) is 0 Å². The van der Waals surface area contributed by atoms with E-state index in [1.54, 1.807) is 0 Å². The van der Waals surface area contributed by atoms with Gasteiger partial charge in [0.2, 0.25) is 0 Å². The van der Waals surface area contributed by atoms with Crippen LogP contribution in [0, 0.1) is 0 Å². The lowest BCUT2D eigenvalue weighted by Crippen LogP contribution is -2.28. The average molecular weight is 496 g/mol. The van der Waals surface area contributed by atoms with Crippen molar-refractivity contribution < 1.29 is 9.13 Å². The molecule has 0 saturated carbocycles. The van der Waals surface area contributed by atoms with Crippen molar-refractivity contribution in [2.24, 2.45) is 10.2 Å². The molecule has 6 heteroatoms. The van der Waals surface area contributed by atoms with Crippen LogP contribution < -0.4 is 21.2 Å². The molecule has 1 heterocycles. The summed E-state index contributed by atoms with van der Waals surface area (Å²) in [6, 6.07) is 37.6. The van der Waals surface area contributed by atoms with Crippen molar-refractivity contribution in [3.8, 4) is 0 Å². The minimum absolute atomic E-state index is 0.316. The minimum Gasteiger partial charge on any atom is -0.309 e. The van der Waals surface area contributed by atoms with Crippen molar-refractivity contribution in [2.75, 3.05) is 0 Å². The van der Waals surface area contributed by atoms with E-state index in [4.69, 9.17) is 0 Å². The highest BCUT2D eigenvalue weighted by Gasteiger charge is 2.50. The Balaban J connectivity index is 1.92. The van der Waals surface area contributed by atoms with Gasteiger partial charge in [-0.1, -0.05) is 121 Å². The lowest BCUT2D eigenvalue weighted by Gasteiger charge is -2.30. The number of hydrogen-bond donors (Lipinski definition) is 0. The molecule has 0 saturated heterocycles. The summed E-state index contributed by atoms with van der Waals surface area (Å²) < 4.78 is 30.7. The maximum absolute atomic E-state index is 15.5. The van der Waals surface area contributed by atoms with E-state index < -0.39 is 19.8 Å². The molecule has 4 aromatic carbocycles. The summed E-state index contributed by atoms with van der Waals surface area (Å²) in [5.41, 5.74) is -0.591. The highest BCUT2D eigenvalue weighted by atomic mass is 31.2. The lowest BCUT2D eigenvalue weighted by molar-refractivity contribution is 0.576. The van der Waals surface area contributed by atoms with Crippen molar-refractivity contribution in [3.63, 3.8) is 0 Å². The van der Waals surface area contributed by atoms with Crippen molar-refractivity contribution >= 4 is 35.5 Å². The van der Waals surface area contributed by atoms with Gasteiger partial charge in [0, 0.05) is 21.2 Å². The van der Waals surface area contributed by atoms with Crippen LogP contribution in [-0.2, 0) is 9.13 Å². The molecule has 1 aliphatic rings. The molecule has 0 spiro atoms. The van der Waals surface area contributed by atoms with Gasteiger partial charge in [-0.2, -0.15) is 10.2 Å². The van der Waals surface area contributed by atoms with Gasteiger partial charge < -0.3 is 9.13 Å². The Morgan fingerprint density at radius 3 is 1.17 bits per heavy atom. The SMILES string of the molecule is CC1(C)N=NC(P(=O)(c2ccccc2)c2ccccc2)=C1P(=O)(c1ccccc1)c1ccccc1. The normalized spacial score (nSPS) is 15.4. The summed E-state index contributed by atoms with van der Waals surface area (Å²) in [5, 5.41) is 12.3. The van der Waals surface area contributed by atoms with Crippen LogP contribution in [0.3, 0.4) is 0 Å². The van der Waals surface area contributed by atoms with E-state index >= 15 is 9.13 Å². The standard InChI is InChI=1S/C29H26N2O2P2/c1-29(2)27(34(32,23-15-7-3-8-16-23)24-17-9-4-10-18-24)28(30-31-29)35(33,25-19-11-5-12-20-25)26-21-13-6-14-22-26/h3-22H,1-2H3. The third-order valence-electron chi connectivity index (χ3n) is 6.28. The van der Waals surface area contributed by atoms with E-state index in [0.717, 1.165) is 0 Å². The topological polar surface area (TPSA) is 58.9 Å². The quantitative estimate of drug-likeness (QED) is 0.289. The van der Waals surface area contributed by atoms with E-state index in [2.05, 4.69) is 10.2 Å². The first kappa shape index (κ1) is 23.4. The van der Waals surface area contributed by atoms with Gasteiger partial charge in [0.05, 0.1) is 5.31 Å². The Hall–Kier alpha value is -3.32. The van der Waals surface area contributed by atoms with Gasteiger partial charge in [0.25, 0.3) is 0 Å². The van der Waals surface area contributed by atoms with Crippen LogP contribution in [0.5, 0.6) is 0 Å². The summed E-state index contributed by atoms with van der Waals surface area (Å²) in [6.45, 7) is 3.80. The second-order valence-electron chi connectivity index (χ2n) is 8.99. The van der Waals surface area contributed by atoms with Crippen molar-refractivity contribution in [1.29, 1.82) is 0 Å². The fourth-order valence-electron chi connectivity index (χ4n) is 4.63. The Morgan fingerprint density at radius 2 is 0.829 bits per heavy atom. The van der Waals surface area contributed by atoms with E-state index in [-0.39, 0.29) is 0 Å². The highest BCUT2D eigenvalue weighted by molar-refractivity contribution is 7.86. The summed E-state index contributed by atoms with van der Waals surface area (Å²) in [6.07, 6.45) is 0. The summed E-state index contributed by atoms with van der Waals surface area (Å²) in [7, 11) is -6.96. The first-order valence-corrected chi connectivity index (χ1v) is 14.9. The second kappa shape index (κ2) is 9.04. The summed E-state index contributed by atoms with van der Waals surface area (Å²) >= 11 is 0. The fraction of sp³-hybridized carbons (Fsp3) is 0.103. The smallest absolute Gasteiger partial charge is 0.190 e. The number of hydrogen-bond acceptors (Lipinski definition) is 4. The van der Waals surface area contributed by atoms with Crippen molar-refractivity contribution in [2.45, 2.75) is 19.4 Å². The number of rotatable bonds is 6. The zero-order valence-corrected chi connectivity index (χ0v) is 21.4. The number of nitrogens with zero attached hydrogens (tertiary/aromatic N) is 2. The Bertz CT molecular complexity index is 1410. The van der Waals surface area contributed by atoms with Crippen LogP contribution >= 0.6 is 14.3 Å². The maximum atomic E-state index is 15.5. The largest absolute Gasteiger partial charge is 0.309 e. The first-order valence-electron chi connectivity index (χ1n) is 11.5. The monoisotopic (exact) mass is 496 g/mol. The molecular formula is C29H26N2O2P2. The van der Waals surface area contributed by atoms with E-state index in [0.29, 0.717) is 32.0 Å². The van der Waals surface area contributed by atoms with Crippen molar-refractivity contribution in [1.82, 2.24) is 0 Å². The van der Waals surface area contributed by atoms with Gasteiger partial charge >= 0.3 is 0 Å². The van der Waals surface area contributed by atoms with Crippen LogP contribution in [0.15, 0.2) is 142 Å². The fourth-order valence-corrected chi connectivity index (χ4v) is 11.3. The summed E-state index contributed by atoms with van der Waals surface area (Å²) in [4.78, 5) is 0. The van der Waals surface area contributed by atoms with E-state index in [1.165, 1.54) is 0 Å². The Morgan fingerprint density at radius 1 is 0.514 bits per heavy atom. The first-order chi connectivity index (χ1) is 16.9. The lowest BCUT2D eigenvalue weighted by atomic mass is 10.1. The molecular weight excluding hydrogens is 470 g/mol. The second-order valence-corrected chi connectivity index (χ2v) is 14.4. The molecule has 5 rings (SSSR count). The zero-order chi connectivity index (χ0) is 24.5. The molecule has 0 aromatic heterocycles. The molecule has 35 heavy (non-hydrogen) atoms. The maximum Gasteiger partial charge on any atom is 0.190 e. The van der Waals surface area contributed by atoms with Gasteiger partial charge in [-0.25, -0.2) is 0 Å². The predicted octanol–water partition coefficient (Wildman–Crippen LogP) is 6.43. The zero-order valence-electron chi connectivity index (χ0n) is 19.7. The van der Waals surface area contributed by atoms with Crippen molar-refractivity contribution in [3.05, 3.63) is 132 Å². The van der Waals surface area contributed by atoms with E-state index in [1.807, 2.05) is 135 Å². The molecule has 4 aromatic rings. The number of benzene rings is 4. The average Bonchev–Trinajstić information content (AvgIpc) is 3.25. The molecule has 0 bridgehead atoms. The third kappa shape index (κ3) is 3.88. The van der Waals surface area contributed by atoms with Crippen LogP contribution in [-0.4, -0.2) is 5.54 Å². The molecule has 0 unspecified atom stereocenters. The van der Waals surface area contributed by atoms with E-state index in [9.17, 15) is 0 Å². The highest BCUT2D eigenvalue weighted by Crippen LogP contribution is 2.67. The van der Waals surface area contributed by atoms with Gasteiger partial charge in [0.1, 0.15) is 11.0 Å². The van der Waals surface area contributed by atoms with Crippen LogP contribution in [0.2, 0.25) is 0 Å². The van der Waals surface area contributed by atoms with Crippen LogP contribution in [0.25, 0.3) is 0 Å². The Labute approximate surface area is 206 Å². The molecule has 0 atom stereocenters. The molecule has 0 fully saturated rings. The molecule has 0 aliphatic carbocycles. The predicted molar refractivity (Wildman–Crippen MR) is 145 cm³/mol. The van der Waals surface area contributed by atoms with Gasteiger partial charge in [0.15, 0.2) is 14.3 Å². The third-order valence-corrected chi connectivity index (χ3v) is 12.9. The van der Waals surface area contributed by atoms with Crippen LogP contribution in [0.4, 0.5) is 0 Å². The van der Waals surface area contributed by atoms with Gasteiger partial charge in [-0.15, -0.1) is 0 Å². The molecule has 174 valence electrons. The molecule has 0 amide bonds. The molecule has 1 aliphatic heterocycles. The summed E-state index contributed by atoms with van der Waals surface area (Å²) in [5.74, 6) is 0. The number of azo groups is 1. The molecule has 4 nitrogen and oxygen atoms in total. The Kier molecular flexibility index (Phi) is 6.05.